The smallest absolute Gasteiger partial charge is 0.232 e. The van der Waals surface area contributed by atoms with Crippen LogP contribution in [0.15, 0.2) is 30.3 Å². The molecule has 0 N–H and O–H groups in total. The molecule has 1 aromatic rings. The van der Waals surface area contributed by atoms with Crippen LogP contribution in [0.5, 0.6) is 0 Å². The number of carboxylic acids is 1. The lowest BCUT2D eigenvalue weighted by atomic mass is 10.2. The molecule has 6 heteroatoms. The molecule has 0 radical (unpaired) electrons. The Bertz CT molecular complexity index is 485. The summed E-state index contributed by atoms with van der Waals surface area (Å²) in [4.78, 5) is 23.9. The molecular weight excluding hydrogens is 276 g/mol. The third-order valence-electron chi connectivity index (χ3n) is 2.51. The lowest BCUT2D eigenvalue weighted by molar-refractivity contribution is -0.301. The van der Waals surface area contributed by atoms with Crippen LogP contribution < -0.4 is 5.11 Å². The fourth-order valence-electron chi connectivity index (χ4n) is 1.59. The van der Waals surface area contributed by atoms with E-state index in [1.807, 2.05) is 36.4 Å². The molecule has 0 heterocycles. The van der Waals surface area contributed by atoms with E-state index in [1.54, 1.807) is 4.90 Å². The number of thioether (sulfide) groups is 1. The number of amides is 1. The number of hydrogen-bond donors (Lipinski definition) is 0. The summed E-state index contributed by atoms with van der Waals surface area (Å²) in [6.07, 6.45) is 0.254. The fraction of sp³-hybridized carbons (Fsp3) is 0.357. The van der Waals surface area contributed by atoms with Gasteiger partial charge in [0, 0.05) is 18.8 Å². The van der Waals surface area contributed by atoms with Gasteiger partial charge in [0.05, 0.1) is 24.2 Å². The maximum Gasteiger partial charge on any atom is 0.232 e. The standard InChI is InChI=1S/C14H16N2O3S/c15-7-4-8-16(9-12-5-2-1-3-6-12)13(17)10-20-11-14(18)19/h1-3,5-6H,4,8-11H2,(H,18,19)/p-1. The second kappa shape index (κ2) is 8.99. The normalized spacial score (nSPS) is 9.75. The molecule has 20 heavy (non-hydrogen) atoms. The third kappa shape index (κ3) is 6.25. The summed E-state index contributed by atoms with van der Waals surface area (Å²) in [5.41, 5.74) is 0.976. The van der Waals surface area contributed by atoms with Crippen molar-refractivity contribution in [1.29, 1.82) is 5.26 Å². The van der Waals surface area contributed by atoms with Gasteiger partial charge in [0.25, 0.3) is 0 Å². The Morgan fingerprint density at radius 2 is 1.95 bits per heavy atom. The lowest BCUT2D eigenvalue weighted by Crippen LogP contribution is -2.33. The predicted molar refractivity (Wildman–Crippen MR) is 74.4 cm³/mol. The van der Waals surface area contributed by atoms with Crippen LogP contribution in [0.3, 0.4) is 0 Å². The summed E-state index contributed by atoms with van der Waals surface area (Å²) in [5.74, 6) is -1.49. The Morgan fingerprint density at radius 1 is 1.25 bits per heavy atom. The van der Waals surface area contributed by atoms with Crippen molar-refractivity contribution in [3.05, 3.63) is 35.9 Å². The second-order valence-electron chi connectivity index (χ2n) is 4.07. The highest BCUT2D eigenvalue weighted by atomic mass is 32.2. The van der Waals surface area contributed by atoms with Crippen molar-refractivity contribution >= 4 is 23.6 Å². The van der Waals surface area contributed by atoms with Gasteiger partial charge in [0.15, 0.2) is 0 Å². The Kier molecular flexibility index (Phi) is 7.22. The van der Waals surface area contributed by atoms with E-state index >= 15 is 0 Å². The number of nitriles is 1. The van der Waals surface area contributed by atoms with E-state index in [9.17, 15) is 14.7 Å². The van der Waals surface area contributed by atoms with Crippen LogP contribution in [0.25, 0.3) is 0 Å². The molecule has 1 rings (SSSR count). The average Bonchev–Trinajstić information content (AvgIpc) is 2.44. The molecule has 0 aromatic heterocycles. The van der Waals surface area contributed by atoms with Crippen molar-refractivity contribution < 1.29 is 14.7 Å². The molecular formula is C14H15N2O3S-. The van der Waals surface area contributed by atoms with Crippen LogP contribution in [-0.4, -0.2) is 34.8 Å². The van der Waals surface area contributed by atoms with Crippen LogP contribution in [0.2, 0.25) is 0 Å². The number of nitrogens with zero attached hydrogens (tertiary/aromatic N) is 2. The van der Waals surface area contributed by atoms with Crippen molar-refractivity contribution in [3.8, 4) is 6.07 Å². The molecule has 0 saturated carbocycles. The largest absolute Gasteiger partial charge is 0.549 e. The second-order valence-corrected chi connectivity index (χ2v) is 5.06. The molecule has 0 aliphatic carbocycles. The number of rotatable bonds is 8. The third-order valence-corrected chi connectivity index (χ3v) is 3.40. The van der Waals surface area contributed by atoms with Gasteiger partial charge in [-0.1, -0.05) is 30.3 Å². The first-order chi connectivity index (χ1) is 9.63. The van der Waals surface area contributed by atoms with Gasteiger partial charge >= 0.3 is 0 Å². The number of benzene rings is 1. The number of aliphatic carboxylic acids is 1. The minimum absolute atomic E-state index is 0.0756. The van der Waals surface area contributed by atoms with E-state index in [1.165, 1.54) is 0 Å². The van der Waals surface area contributed by atoms with E-state index in [-0.39, 0.29) is 23.8 Å². The maximum absolute atomic E-state index is 12.0. The summed E-state index contributed by atoms with van der Waals surface area (Å²) >= 11 is 1.01. The van der Waals surface area contributed by atoms with E-state index in [0.717, 1.165) is 17.3 Å². The number of carboxylic acid groups (broad SMARTS) is 1. The van der Waals surface area contributed by atoms with Crippen molar-refractivity contribution in [2.24, 2.45) is 0 Å². The fourth-order valence-corrected chi connectivity index (χ4v) is 2.22. The molecule has 0 atom stereocenters. The zero-order valence-electron chi connectivity index (χ0n) is 10.9. The minimum Gasteiger partial charge on any atom is -0.549 e. The maximum atomic E-state index is 12.0. The van der Waals surface area contributed by atoms with E-state index < -0.39 is 5.97 Å². The van der Waals surface area contributed by atoms with Gasteiger partial charge in [-0.3, -0.25) is 4.79 Å². The van der Waals surface area contributed by atoms with E-state index in [4.69, 9.17) is 5.26 Å². The lowest BCUT2D eigenvalue weighted by Gasteiger charge is -2.21. The zero-order valence-corrected chi connectivity index (χ0v) is 11.8. The molecule has 1 aromatic carbocycles. The molecule has 0 spiro atoms. The molecule has 5 nitrogen and oxygen atoms in total. The number of carbonyl (C=O) groups excluding carboxylic acids is 2. The highest BCUT2D eigenvalue weighted by molar-refractivity contribution is 8.00. The first kappa shape index (κ1) is 16.1. The summed E-state index contributed by atoms with van der Waals surface area (Å²) in [6.45, 7) is 0.767. The van der Waals surface area contributed by atoms with Gasteiger partial charge in [-0.25, -0.2) is 0 Å². The van der Waals surface area contributed by atoms with Crippen molar-refractivity contribution in [2.75, 3.05) is 18.1 Å². The Morgan fingerprint density at radius 3 is 2.55 bits per heavy atom. The van der Waals surface area contributed by atoms with Crippen LogP contribution in [0.4, 0.5) is 0 Å². The first-order valence-corrected chi connectivity index (χ1v) is 7.25. The van der Waals surface area contributed by atoms with Crippen LogP contribution in [-0.2, 0) is 16.1 Å². The van der Waals surface area contributed by atoms with Gasteiger partial charge in [0.2, 0.25) is 5.91 Å². The highest BCUT2D eigenvalue weighted by Crippen LogP contribution is 2.08. The summed E-state index contributed by atoms with van der Waals surface area (Å²) in [7, 11) is 0. The van der Waals surface area contributed by atoms with Gasteiger partial charge in [-0.05, 0) is 5.56 Å². The van der Waals surface area contributed by atoms with Crippen molar-refractivity contribution in [3.63, 3.8) is 0 Å². The zero-order chi connectivity index (χ0) is 14.8. The van der Waals surface area contributed by atoms with Gasteiger partial charge < -0.3 is 14.8 Å². The average molecular weight is 291 g/mol. The SMILES string of the molecule is N#CCCN(Cc1ccccc1)C(=O)CSCC(=O)[O-]. The van der Waals surface area contributed by atoms with Crippen LogP contribution in [0.1, 0.15) is 12.0 Å². The Balaban J connectivity index is 2.56. The molecule has 0 bridgehead atoms. The van der Waals surface area contributed by atoms with Gasteiger partial charge in [0.1, 0.15) is 0 Å². The number of hydrogen-bond acceptors (Lipinski definition) is 5. The first-order valence-electron chi connectivity index (χ1n) is 6.09. The van der Waals surface area contributed by atoms with Gasteiger partial charge in [-0.2, -0.15) is 5.26 Å². The predicted octanol–water partition coefficient (Wildman–Crippen LogP) is 0.412. The molecule has 106 valence electrons. The molecule has 0 aliphatic heterocycles. The van der Waals surface area contributed by atoms with Crippen LogP contribution >= 0.6 is 11.8 Å². The van der Waals surface area contributed by atoms with E-state index in [2.05, 4.69) is 0 Å². The Hall–Kier alpha value is -2.00. The molecule has 0 aliphatic rings. The minimum atomic E-state index is -1.19. The molecule has 0 saturated heterocycles. The quantitative estimate of drug-likeness (QED) is 0.692. The van der Waals surface area contributed by atoms with E-state index in [0.29, 0.717) is 13.1 Å². The molecule has 0 unspecified atom stereocenters. The monoisotopic (exact) mass is 291 g/mol. The topological polar surface area (TPSA) is 84.2 Å². The van der Waals surface area contributed by atoms with Crippen molar-refractivity contribution in [1.82, 2.24) is 4.90 Å². The Labute approximate surface area is 122 Å². The van der Waals surface area contributed by atoms with Crippen LogP contribution in [0, 0.1) is 11.3 Å². The summed E-state index contributed by atoms with van der Waals surface area (Å²) in [5, 5.41) is 18.9. The summed E-state index contributed by atoms with van der Waals surface area (Å²) < 4.78 is 0. The number of carbonyl (C=O) groups is 2. The van der Waals surface area contributed by atoms with Gasteiger partial charge in [-0.15, -0.1) is 11.8 Å². The highest BCUT2D eigenvalue weighted by Gasteiger charge is 2.13. The molecule has 0 fully saturated rings. The van der Waals surface area contributed by atoms with Crippen molar-refractivity contribution in [2.45, 2.75) is 13.0 Å². The summed E-state index contributed by atoms with van der Waals surface area (Å²) in [6, 6.07) is 11.5. The molecule has 1 amide bonds.